The van der Waals surface area contributed by atoms with Crippen LogP contribution in [0, 0.1) is 0 Å². The second-order valence-electron chi connectivity index (χ2n) is 4.28. The molecule has 0 unspecified atom stereocenters. The number of methoxy groups -OCH3 is 1. The van der Waals surface area contributed by atoms with Gasteiger partial charge >= 0.3 is 5.97 Å². The van der Waals surface area contributed by atoms with Gasteiger partial charge in [0, 0.05) is 13.0 Å². The zero-order chi connectivity index (χ0) is 14.8. The molecule has 0 bridgehead atoms. The third-order valence-electron chi connectivity index (χ3n) is 2.82. The molecule has 0 saturated heterocycles. The minimum Gasteiger partial charge on any atom is -0.483 e. The van der Waals surface area contributed by atoms with Crippen LogP contribution in [0.15, 0.2) is 24.3 Å². The van der Waals surface area contributed by atoms with Gasteiger partial charge in [0.05, 0.1) is 7.11 Å². The molecule has 0 atom stereocenters. The summed E-state index contributed by atoms with van der Waals surface area (Å²) >= 11 is 0. The van der Waals surface area contributed by atoms with Gasteiger partial charge < -0.3 is 14.8 Å². The van der Waals surface area contributed by atoms with Crippen LogP contribution in [0.2, 0.25) is 0 Å². The van der Waals surface area contributed by atoms with Gasteiger partial charge in [-0.2, -0.15) is 0 Å². The predicted molar refractivity (Wildman–Crippen MR) is 75.6 cm³/mol. The maximum absolute atomic E-state index is 11.6. The Morgan fingerprint density at radius 2 is 2.00 bits per heavy atom. The van der Waals surface area contributed by atoms with Crippen LogP contribution in [0.25, 0.3) is 0 Å². The van der Waals surface area contributed by atoms with Gasteiger partial charge in [-0.15, -0.1) is 0 Å². The summed E-state index contributed by atoms with van der Waals surface area (Å²) in [6, 6.07) is 7.65. The van der Waals surface area contributed by atoms with Crippen LogP contribution in [0.5, 0.6) is 5.75 Å². The topological polar surface area (TPSA) is 64.6 Å². The molecule has 1 aromatic rings. The number of hydrogen-bond acceptors (Lipinski definition) is 4. The monoisotopic (exact) mass is 279 g/mol. The Morgan fingerprint density at radius 1 is 1.25 bits per heavy atom. The smallest absolute Gasteiger partial charge is 0.305 e. The van der Waals surface area contributed by atoms with E-state index in [9.17, 15) is 9.59 Å². The number of aryl methyl sites for hydroxylation is 1. The third-order valence-corrected chi connectivity index (χ3v) is 2.82. The molecule has 0 radical (unpaired) electrons. The lowest BCUT2D eigenvalue weighted by atomic mass is 10.1. The fraction of sp³-hybridized carbons (Fsp3) is 0.467. The zero-order valence-corrected chi connectivity index (χ0v) is 12.0. The Hall–Kier alpha value is -2.04. The van der Waals surface area contributed by atoms with Crippen molar-refractivity contribution in [3.05, 3.63) is 29.8 Å². The van der Waals surface area contributed by atoms with Crippen LogP contribution in [0.4, 0.5) is 0 Å². The van der Waals surface area contributed by atoms with Crippen molar-refractivity contribution in [2.45, 2.75) is 26.2 Å². The molecule has 0 aliphatic carbocycles. The summed E-state index contributed by atoms with van der Waals surface area (Å²) in [7, 11) is 1.35. The van der Waals surface area contributed by atoms with E-state index in [1.165, 1.54) is 7.11 Å². The molecule has 5 nitrogen and oxygen atoms in total. The summed E-state index contributed by atoms with van der Waals surface area (Å²) in [5, 5.41) is 2.70. The van der Waals surface area contributed by atoms with Crippen LogP contribution in [-0.4, -0.2) is 32.1 Å². The first kappa shape index (κ1) is 16.0. The van der Waals surface area contributed by atoms with E-state index < -0.39 is 0 Å². The second kappa shape index (κ2) is 8.96. The Kier molecular flexibility index (Phi) is 7.17. The molecule has 0 saturated carbocycles. The molecule has 0 heterocycles. The van der Waals surface area contributed by atoms with Crippen LogP contribution in [-0.2, 0) is 20.7 Å². The standard InChI is InChI=1S/C15H21NO4/c1-3-12-7-4-5-8-13(12)20-11-14(17)16-10-6-9-15(18)19-2/h4-5,7-8H,3,6,9-11H2,1-2H3,(H,16,17). The number of amides is 1. The Bertz CT molecular complexity index is 445. The van der Waals surface area contributed by atoms with E-state index in [4.69, 9.17) is 4.74 Å². The van der Waals surface area contributed by atoms with Crippen molar-refractivity contribution in [1.82, 2.24) is 5.32 Å². The average Bonchev–Trinajstić information content (AvgIpc) is 2.49. The summed E-state index contributed by atoms with van der Waals surface area (Å²) in [5.41, 5.74) is 1.07. The molecule has 0 aliphatic rings. The van der Waals surface area contributed by atoms with Crippen molar-refractivity contribution in [2.24, 2.45) is 0 Å². The maximum atomic E-state index is 11.6. The molecule has 110 valence electrons. The van der Waals surface area contributed by atoms with E-state index >= 15 is 0 Å². The van der Waals surface area contributed by atoms with Gasteiger partial charge in [-0.25, -0.2) is 0 Å². The van der Waals surface area contributed by atoms with Crippen molar-refractivity contribution in [3.8, 4) is 5.75 Å². The van der Waals surface area contributed by atoms with Gasteiger partial charge in [0.15, 0.2) is 6.61 Å². The first-order chi connectivity index (χ1) is 9.67. The van der Waals surface area contributed by atoms with Gasteiger partial charge in [-0.1, -0.05) is 25.1 Å². The molecule has 5 heteroatoms. The number of nitrogens with one attached hydrogen (secondary N) is 1. The normalized spacial score (nSPS) is 9.90. The molecule has 0 spiro atoms. The zero-order valence-electron chi connectivity index (χ0n) is 12.0. The van der Waals surface area contributed by atoms with Crippen LogP contribution in [0.1, 0.15) is 25.3 Å². The van der Waals surface area contributed by atoms with Crippen molar-refractivity contribution in [1.29, 1.82) is 0 Å². The first-order valence-corrected chi connectivity index (χ1v) is 6.71. The molecule has 0 aliphatic heterocycles. The Labute approximate surface area is 119 Å². The van der Waals surface area contributed by atoms with Crippen LogP contribution >= 0.6 is 0 Å². The SMILES string of the molecule is CCc1ccccc1OCC(=O)NCCCC(=O)OC. The van der Waals surface area contributed by atoms with E-state index in [0.29, 0.717) is 19.4 Å². The molecule has 0 aromatic heterocycles. The molecule has 1 rings (SSSR count). The average molecular weight is 279 g/mol. The minimum absolute atomic E-state index is 0.0186. The quantitative estimate of drug-likeness (QED) is 0.581. The lowest BCUT2D eigenvalue weighted by Crippen LogP contribution is -2.30. The highest BCUT2D eigenvalue weighted by Gasteiger charge is 2.06. The number of ether oxygens (including phenoxy) is 2. The summed E-state index contributed by atoms with van der Waals surface area (Å²) in [5.74, 6) is 0.271. The lowest BCUT2D eigenvalue weighted by molar-refractivity contribution is -0.140. The van der Waals surface area contributed by atoms with Gasteiger partial charge in [-0.05, 0) is 24.5 Å². The molecule has 1 amide bonds. The van der Waals surface area contributed by atoms with Gasteiger partial charge in [-0.3, -0.25) is 9.59 Å². The molecular formula is C15H21NO4. The highest BCUT2D eigenvalue weighted by Crippen LogP contribution is 2.17. The Morgan fingerprint density at radius 3 is 2.70 bits per heavy atom. The van der Waals surface area contributed by atoms with Crippen LogP contribution in [0.3, 0.4) is 0 Å². The lowest BCUT2D eigenvalue weighted by Gasteiger charge is -2.10. The molecule has 0 fully saturated rings. The van der Waals surface area contributed by atoms with Crippen LogP contribution < -0.4 is 10.1 Å². The van der Waals surface area contributed by atoms with Gasteiger partial charge in [0.25, 0.3) is 5.91 Å². The molecule has 1 N–H and O–H groups in total. The molecular weight excluding hydrogens is 258 g/mol. The van der Waals surface area contributed by atoms with Gasteiger partial charge in [0.2, 0.25) is 0 Å². The number of para-hydroxylation sites is 1. The predicted octanol–water partition coefficient (Wildman–Crippen LogP) is 1.70. The van der Waals surface area contributed by atoms with Crippen molar-refractivity contribution in [2.75, 3.05) is 20.3 Å². The minimum atomic E-state index is -0.271. The summed E-state index contributed by atoms with van der Waals surface area (Å²) in [6.45, 7) is 2.46. The largest absolute Gasteiger partial charge is 0.483 e. The summed E-state index contributed by atoms with van der Waals surface area (Å²) in [6.07, 6.45) is 1.72. The fourth-order valence-corrected chi connectivity index (χ4v) is 1.69. The number of carbonyl (C=O) groups is 2. The number of rotatable bonds is 8. The van der Waals surface area contributed by atoms with Gasteiger partial charge in [0.1, 0.15) is 5.75 Å². The van der Waals surface area contributed by atoms with E-state index in [1.807, 2.05) is 31.2 Å². The highest BCUT2D eigenvalue weighted by molar-refractivity contribution is 5.77. The first-order valence-electron chi connectivity index (χ1n) is 6.71. The number of hydrogen-bond donors (Lipinski definition) is 1. The number of esters is 1. The summed E-state index contributed by atoms with van der Waals surface area (Å²) in [4.78, 5) is 22.5. The molecule has 1 aromatic carbocycles. The summed E-state index contributed by atoms with van der Waals surface area (Å²) < 4.78 is 10.00. The number of carbonyl (C=O) groups excluding carboxylic acids is 2. The van der Waals surface area contributed by atoms with Crippen molar-refractivity contribution in [3.63, 3.8) is 0 Å². The third kappa shape index (κ3) is 5.73. The van der Waals surface area contributed by atoms with E-state index in [1.54, 1.807) is 0 Å². The number of benzene rings is 1. The highest BCUT2D eigenvalue weighted by atomic mass is 16.5. The second-order valence-corrected chi connectivity index (χ2v) is 4.28. The fourth-order valence-electron chi connectivity index (χ4n) is 1.69. The maximum Gasteiger partial charge on any atom is 0.305 e. The van der Waals surface area contributed by atoms with E-state index in [-0.39, 0.29) is 18.5 Å². The van der Waals surface area contributed by atoms with E-state index in [2.05, 4.69) is 10.1 Å². The van der Waals surface area contributed by atoms with Crippen molar-refractivity contribution < 1.29 is 19.1 Å². The Balaban J connectivity index is 2.24. The van der Waals surface area contributed by atoms with Crippen molar-refractivity contribution >= 4 is 11.9 Å². The molecule has 20 heavy (non-hydrogen) atoms. The van der Waals surface area contributed by atoms with E-state index in [0.717, 1.165) is 17.7 Å².